The van der Waals surface area contributed by atoms with Crippen LogP contribution in [0.5, 0.6) is 0 Å². The largest absolute Gasteiger partial charge is 0.293 e. The number of rotatable bonds is 3. The molecule has 2 aromatic heterocycles. The average Bonchev–Trinajstić information content (AvgIpc) is 2.74. The highest BCUT2D eigenvalue weighted by Crippen LogP contribution is 2.31. The monoisotopic (exact) mass is 367 g/mol. The normalized spacial score (nSPS) is 13.3. The fourth-order valence-corrected chi connectivity index (χ4v) is 3.88. The zero-order valence-electron chi connectivity index (χ0n) is 15.8. The van der Waals surface area contributed by atoms with E-state index in [1.54, 1.807) is 0 Å². The lowest BCUT2D eigenvalue weighted by atomic mass is 9.92. The number of aromatic nitrogens is 4. The summed E-state index contributed by atoms with van der Waals surface area (Å²) in [6.07, 6.45) is 4.38. The molecular formula is C23H21N5. The van der Waals surface area contributed by atoms with Crippen molar-refractivity contribution in [3.8, 4) is 11.3 Å². The number of aryl methyl sites for hydroxylation is 2. The van der Waals surface area contributed by atoms with Gasteiger partial charge < -0.3 is 0 Å². The van der Waals surface area contributed by atoms with Gasteiger partial charge in [0.1, 0.15) is 0 Å². The summed E-state index contributed by atoms with van der Waals surface area (Å²) in [5, 5.41) is 4.31. The molecule has 0 fully saturated rings. The third kappa shape index (κ3) is 3.09. The summed E-state index contributed by atoms with van der Waals surface area (Å²) >= 11 is 0. The Balaban J connectivity index is 1.59. The van der Waals surface area contributed by atoms with Crippen molar-refractivity contribution in [2.45, 2.75) is 32.6 Å². The number of hydrogen-bond acceptors (Lipinski definition) is 5. The second-order valence-electron chi connectivity index (χ2n) is 7.17. The molecule has 1 aliphatic carbocycles. The highest BCUT2D eigenvalue weighted by Gasteiger charge is 2.19. The van der Waals surface area contributed by atoms with Gasteiger partial charge in [0.05, 0.1) is 16.9 Å². The first-order valence-corrected chi connectivity index (χ1v) is 9.73. The molecule has 0 saturated carbocycles. The van der Waals surface area contributed by atoms with Crippen molar-refractivity contribution in [3.63, 3.8) is 0 Å². The highest BCUT2D eigenvalue weighted by molar-refractivity contribution is 5.82. The minimum Gasteiger partial charge on any atom is -0.293 e. The summed E-state index contributed by atoms with van der Waals surface area (Å²) in [6.45, 7) is 2.00. The molecule has 0 spiro atoms. The number of nitrogens with one attached hydrogen (secondary N) is 1. The molecule has 0 amide bonds. The fraction of sp³-hybridized carbons (Fsp3) is 0.217. The molecule has 2 heterocycles. The minimum atomic E-state index is 0.533. The van der Waals surface area contributed by atoms with Crippen molar-refractivity contribution in [1.82, 2.24) is 19.9 Å². The zero-order chi connectivity index (χ0) is 18.9. The number of anilines is 2. The second-order valence-corrected chi connectivity index (χ2v) is 7.17. The van der Waals surface area contributed by atoms with Crippen molar-refractivity contribution >= 4 is 22.8 Å². The van der Waals surface area contributed by atoms with Crippen LogP contribution in [0.25, 0.3) is 22.2 Å². The van der Waals surface area contributed by atoms with E-state index in [1.165, 1.54) is 18.4 Å². The molecule has 0 bridgehead atoms. The van der Waals surface area contributed by atoms with Gasteiger partial charge in [0.2, 0.25) is 11.9 Å². The minimum absolute atomic E-state index is 0.533. The van der Waals surface area contributed by atoms with E-state index in [2.05, 4.69) is 39.6 Å². The third-order valence-corrected chi connectivity index (χ3v) is 5.25. The lowest BCUT2D eigenvalue weighted by molar-refractivity contribution is 0.665. The maximum Gasteiger partial charge on any atom is 0.230 e. The molecule has 2 aromatic carbocycles. The quantitative estimate of drug-likeness (QED) is 0.551. The molecule has 5 rings (SSSR count). The van der Waals surface area contributed by atoms with Gasteiger partial charge in [0, 0.05) is 22.2 Å². The molecule has 0 radical (unpaired) electrons. The molecule has 5 nitrogen and oxygen atoms in total. The number of para-hydroxylation sites is 1. The Morgan fingerprint density at radius 1 is 0.750 bits per heavy atom. The van der Waals surface area contributed by atoms with Gasteiger partial charge in [0.25, 0.3) is 0 Å². The van der Waals surface area contributed by atoms with Gasteiger partial charge >= 0.3 is 0 Å². The SMILES string of the molecule is Cc1nc(Nc2nc3c(c(-c4ccccc4)n2)CCCC3)nc2ccccc12. The van der Waals surface area contributed by atoms with E-state index < -0.39 is 0 Å². The van der Waals surface area contributed by atoms with Crippen LogP contribution in [0.2, 0.25) is 0 Å². The van der Waals surface area contributed by atoms with Crippen LogP contribution in [-0.4, -0.2) is 19.9 Å². The molecule has 0 aliphatic heterocycles. The number of benzene rings is 2. The third-order valence-electron chi connectivity index (χ3n) is 5.25. The van der Waals surface area contributed by atoms with Gasteiger partial charge in [-0.2, -0.15) is 0 Å². The average molecular weight is 367 g/mol. The molecule has 0 saturated heterocycles. The van der Waals surface area contributed by atoms with Crippen LogP contribution in [0.3, 0.4) is 0 Å². The molecule has 5 heteroatoms. The summed E-state index contributed by atoms with van der Waals surface area (Å²) in [6, 6.07) is 18.4. The Morgan fingerprint density at radius 3 is 2.39 bits per heavy atom. The first-order valence-electron chi connectivity index (χ1n) is 9.73. The molecule has 4 aromatic rings. The van der Waals surface area contributed by atoms with Gasteiger partial charge in [-0.25, -0.2) is 19.9 Å². The Hall–Kier alpha value is -3.34. The van der Waals surface area contributed by atoms with Gasteiger partial charge in [-0.05, 0) is 38.7 Å². The zero-order valence-corrected chi connectivity index (χ0v) is 15.8. The van der Waals surface area contributed by atoms with Crippen LogP contribution >= 0.6 is 0 Å². The predicted molar refractivity (Wildman–Crippen MR) is 112 cm³/mol. The van der Waals surface area contributed by atoms with Gasteiger partial charge in [-0.15, -0.1) is 0 Å². The Labute approximate surface area is 163 Å². The van der Waals surface area contributed by atoms with Crippen LogP contribution in [0.15, 0.2) is 54.6 Å². The van der Waals surface area contributed by atoms with Crippen molar-refractivity contribution in [3.05, 3.63) is 71.5 Å². The lowest BCUT2D eigenvalue weighted by Crippen LogP contribution is -2.12. The van der Waals surface area contributed by atoms with E-state index in [-0.39, 0.29) is 0 Å². The first-order chi connectivity index (χ1) is 13.8. The van der Waals surface area contributed by atoms with Crippen molar-refractivity contribution < 1.29 is 0 Å². The van der Waals surface area contributed by atoms with Gasteiger partial charge in [-0.1, -0.05) is 48.5 Å². The van der Waals surface area contributed by atoms with Crippen molar-refractivity contribution in [2.75, 3.05) is 5.32 Å². The summed E-state index contributed by atoms with van der Waals surface area (Å²) in [7, 11) is 0. The van der Waals surface area contributed by atoms with Crippen LogP contribution in [0, 0.1) is 6.92 Å². The standard InChI is InChI=1S/C23H21N5/c1-15-17-11-5-7-13-19(17)25-22(24-15)28-23-26-20-14-8-6-12-18(20)21(27-23)16-9-3-2-4-10-16/h2-5,7,9-11,13H,6,8,12,14H2,1H3,(H,24,25,26,27,28). The summed E-state index contributed by atoms with van der Waals surface area (Å²) in [4.78, 5) is 18.9. The van der Waals surface area contributed by atoms with E-state index >= 15 is 0 Å². The number of nitrogens with zero attached hydrogens (tertiary/aromatic N) is 4. The molecule has 1 aliphatic rings. The summed E-state index contributed by atoms with van der Waals surface area (Å²) in [5.41, 5.74) is 6.42. The van der Waals surface area contributed by atoms with Crippen LogP contribution < -0.4 is 5.32 Å². The molecular weight excluding hydrogens is 346 g/mol. The molecule has 138 valence electrons. The fourth-order valence-electron chi connectivity index (χ4n) is 3.88. The second kappa shape index (κ2) is 7.00. The van der Waals surface area contributed by atoms with Crippen molar-refractivity contribution in [2.24, 2.45) is 0 Å². The smallest absolute Gasteiger partial charge is 0.230 e. The Morgan fingerprint density at radius 2 is 1.50 bits per heavy atom. The van der Waals surface area contributed by atoms with E-state index in [0.29, 0.717) is 11.9 Å². The predicted octanol–water partition coefficient (Wildman–Crippen LogP) is 5.02. The Kier molecular flexibility index (Phi) is 4.20. The number of hydrogen-bond donors (Lipinski definition) is 1. The lowest BCUT2D eigenvalue weighted by Gasteiger charge is -2.19. The topological polar surface area (TPSA) is 63.6 Å². The molecule has 0 atom stereocenters. The molecule has 0 unspecified atom stereocenters. The van der Waals surface area contributed by atoms with Gasteiger partial charge in [0.15, 0.2) is 0 Å². The van der Waals surface area contributed by atoms with Crippen LogP contribution in [-0.2, 0) is 12.8 Å². The van der Waals surface area contributed by atoms with Crippen LogP contribution in [0.4, 0.5) is 11.9 Å². The highest BCUT2D eigenvalue weighted by atomic mass is 15.2. The van der Waals surface area contributed by atoms with Crippen LogP contribution in [0.1, 0.15) is 29.8 Å². The molecule has 28 heavy (non-hydrogen) atoms. The maximum absolute atomic E-state index is 4.86. The molecule has 1 N–H and O–H groups in total. The van der Waals surface area contributed by atoms with E-state index in [1.807, 2.05) is 37.3 Å². The summed E-state index contributed by atoms with van der Waals surface area (Å²) in [5.74, 6) is 1.10. The van der Waals surface area contributed by atoms with E-state index in [4.69, 9.17) is 9.97 Å². The maximum atomic E-state index is 4.86. The van der Waals surface area contributed by atoms with E-state index in [0.717, 1.165) is 46.4 Å². The first kappa shape index (κ1) is 16.8. The number of fused-ring (bicyclic) bond motifs is 2. The summed E-state index contributed by atoms with van der Waals surface area (Å²) < 4.78 is 0. The van der Waals surface area contributed by atoms with Crippen molar-refractivity contribution in [1.29, 1.82) is 0 Å². The Bertz CT molecular complexity index is 1150. The van der Waals surface area contributed by atoms with Gasteiger partial charge in [-0.3, -0.25) is 5.32 Å². The van der Waals surface area contributed by atoms with E-state index in [9.17, 15) is 0 Å².